The Morgan fingerprint density at radius 1 is 1.14 bits per heavy atom. The van der Waals surface area contributed by atoms with Gasteiger partial charge in [-0.3, -0.25) is 4.99 Å². The van der Waals surface area contributed by atoms with E-state index >= 15 is 0 Å². The van der Waals surface area contributed by atoms with Crippen LogP contribution in [0.5, 0.6) is 11.5 Å². The second kappa shape index (κ2) is 14.0. The first-order valence-electron chi connectivity index (χ1n) is 9.23. The fraction of sp³-hybridized carbons (Fsp3) is 0.381. The van der Waals surface area contributed by atoms with Gasteiger partial charge in [-0.25, -0.2) is 4.39 Å². The van der Waals surface area contributed by atoms with Crippen molar-refractivity contribution < 1.29 is 18.6 Å². The highest BCUT2D eigenvalue weighted by Crippen LogP contribution is 2.18. The summed E-state index contributed by atoms with van der Waals surface area (Å²) in [5.74, 6) is 1.21. The summed E-state index contributed by atoms with van der Waals surface area (Å²) in [6.07, 6.45) is 0.586. The Balaban J connectivity index is 0.00000420. The molecule has 29 heavy (non-hydrogen) atoms. The number of guanidine groups is 1. The Kier molecular flexibility index (Phi) is 12.1. The van der Waals surface area contributed by atoms with Gasteiger partial charge in [-0.15, -0.1) is 24.0 Å². The molecule has 0 fully saturated rings. The average molecular weight is 517 g/mol. The van der Waals surface area contributed by atoms with Crippen LogP contribution in [-0.2, 0) is 4.74 Å². The van der Waals surface area contributed by atoms with E-state index in [0.717, 1.165) is 17.9 Å². The van der Waals surface area contributed by atoms with Gasteiger partial charge >= 0.3 is 0 Å². The Morgan fingerprint density at radius 3 is 2.66 bits per heavy atom. The van der Waals surface area contributed by atoms with Crippen LogP contribution in [0.15, 0.2) is 53.5 Å². The van der Waals surface area contributed by atoms with Crippen LogP contribution in [0.2, 0.25) is 0 Å². The quantitative estimate of drug-likeness (QED) is 0.213. The molecule has 0 spiro atoms. The van der Waals surface area contributed by atoms with Crippen LogP contribution in [0, 0.1) is 5.82 Å². The lowest BCUT2D eigenvalue weighted by Crippen LogP contribution is -2.37. The molecular formula is C21H29FIN3O3. The lowest BCUT2D eigenvalue weighted by molar-refractivity contribution is 0.172. The Hall–Kier alpha value is -2.07. The van der Waals surface area contributed by atoms with E-state index in [9.17, 15) is 4.39 Å². The maximum Gasteiger partial charge on any atom is 0.195 e. The summed E-state index contributed by atoms with van der Waals surface area (Å²) in [4.78, 5) is 4.20. The molecule has 0 aromatic heterocycles. The van der Waals surface area contributed by atoms with Gasteiger partial charge in [0.15, 0.2) is 17.5 Å². The minimum Gasteiger partial charge on any atom is -0.493 e. The number of halogens is 2. The number of rotatable bonds is 10. The van der Waals surface area contributed by atoms with E-state index in [1.807, 2.05) is 31.2 Å². The molecule has 0 heterocycles. The van der Waals surface area contributed by atoms with Crippen LogP contribution < -0.4 is 20.1 Å². The Bertz CT molecular complexity index is 761. The minimum atomic E-state index is -0.376. The maximum atomic E-state index is 13.7. The van der Waals surface area contributed by atoms with Gasteiger partial charge in [-0.05, 0) is 31.2 Å². The second-order valence-electron chi connectivity index (χ2n) is 6.16. The van der Waals surface area contributed by atoms with Crippen molar-refractivity contribution in [1.82, 2.24) is 5.32 Å². The van der Waals surface area contributed by atoms with E-state index in [1.165, 1.54) is 6.07 Å². The molecule has 0 amide bonds. The third-order valence-corrected chi connectivity index (χ3v) is 3.80. The summed E-state index contributed by atoms with van der Waals surface area (Å²) < 4.78 is 30.0. The number of hydrogen-bond donors (Lipinski definition) is 2. The maximum absolute atomic E-state index is 13.7. The molecule has 0 aliphatic carbocycles. The Labute approximate surface area is 188 Å². The lowest BCUT2D eigenvalue weighted by atomic mass is 10.3. The molecule has 6 nitrogen and oxygen atoms in total. The van der Waals surface area contributed by atoms with Gasteiger partial charge in [0, 0.05) is 38.9 Å². The van der Waals surface area contributed by atoms with Crippen molar-refractivity contribution in [3.8, 4) is 11.5 Å². The third kappa shape index (κ3) is 9.31. The number of aliphatic imine (C=N–C) groups is 1. The highest BCUT2D eigenvalue weighted by molar-refractivity contribution is 14.0. The van der Waals surface area contributed by atoms with Gasteiger partial charge in [0.1, 0.15) is 11.9 Å². The van der Waals surface area contributed by atoms with Crippen LogP contribution in [0.4, 0.5) is 10.1 Å². The molecular weight excluding hydrogens is 488 g/mol. The molecule has 2 aromatic carbocycles. The summed E-state index contributed by atoms with van der Waals surface area (Å²) in [6.45, 7) is 3.58. The number of anilines is 1. The van der Waals surface area contributed by atoms with Crippen molar-refractivity contribution in [2.75, 3.05) is 39.2 Å². The number of nitrogens with one attached hydrogen (secondary N) is 2. The van der Waals surface area contributed by atoms with Crippen LogP contribution in [0.1, 0.15) is 13.3 Å². The van der Waals surface area contributed by atoms with E-state index in [0.29, 0.717) is 25.7 Å². The molecule has 2 aromatic rings. The fourth-order valence-corrected chi connectivity index (χ4v) is 2.41. The van der Waals surface area contributed by atoms with Gasteiger partial charge in [0.2, 0.25) is 0 Å². The smallest absolute Gasteiger partial charge is 0.195 e. The zero-order valence-corrected chi connectivity index (χ0v) is 19.3. The third-order valence-electron chi connectivity index (χ3n) is 3.80. The predicted molar refractivity (Wildman–Crippen MR) is 125 cm³/mol. The first-order chi connectivity index (χ1) is 13.6. The summed E-state index contributed by atoms with van der Waals surface area (Å²) in [5.41, 5.74) is 0.847. The van der Waals surface area contributed by atoms with E-state index in [2.05, 4.69) is 15.6 Å². The average Bonchev–Trinajstić information content (AvgIpc) is 2.70. The molecule has 160 valence electrons. The topological polar surface area (TPSA) is 64.1 Å². The van der Waals surface area contributed by atoms with Crippen molar-refractivity contribution >= 4 is 35.6 Å². The zero-order chi connectivity index (χ0) is 20.2. The van der Waals surface area contributed by atoms with Gasteiger partial charge in [-0.2, -0.15) is 0 Å². The van der Waals surface area contributed by atoms with Crippen LogP contribution >= 0.6 is 24.0 Å². The molecule has 0 bridgehead atoms. The number of nitrogens with zero attached hydrogens (tertiary/aromatic N) is 1. The first-order valence-corrected chi connectivity index (χ1v) is 9.23. The molecule has 1 unspecified atom stereocenters. The van der Waals surface area contributed by atoms with E-state index in [4.69, 9.17) is 14.2 Å². The molecule has 0 saturated heterocycles. The summed E-state index contributed by atoms with van der Waals surface area (Å²) >= 11 is 0. The highest BCUT2D eigenvalue weighted by Gasteiger charge is 2.09. The number of methoxy groups -OCH3 is 1. The van der Waals surface area contributed by atoms with Crippen molar-refractivity contribution in [2.24, 2.45) is 4.99 Å². The van der Waals surface area contributed by atoms with Crippen molar-refractivity contribution in [2.45, 2.75) is 19.4 Å². The molecule has 1 atom stereocenters. The number of ether oxygens (including phenoxy) is 3. The zero-order valence-electron chi connectivity index (χ0n) is 17.0. The minimum absolute atomic E-state index is 0. The molecule has 0 saturated carbocycles. The standard InChI is InChI=1S/C21H28FN3O3.HI/c1-16(28-20-11-5-4-10-19(20)22)15-24-21(23-2)25-17-8-6-9-18(14-17)27-13-7-12-26-3;/h4-6,8-11,14,16H,7,12-13,15H2,1-3H3,(H2,23,24,25);1H. The summed E-state index contributed by atoms with van der Waals surface area (Å²) in [7, 11) is 3.36. The van der Waals surface area contributed by atoms with E-state index in [-0.39, 0.29) is 41.6 Å². The van der Waals surface area contributed by atoms with Gasteiger partial charge in [0.05, 0.1) is 13.2 Å². The van der Waals surface area contributed by atoms with Crippen molar-refractivity contribution in [3.05, 3.63) is 54.3 Å². The molecule has 0 radical (unpaired) electrons. The molecule has 8 heteroatoms. The van der Waals surface area contributed by atoms with Crippen LogP contribution in [0.25, 0.3) is 0 Å². The molecule has 2 rings (SSSR count). The SMILES string of the molecule is CN=C(NCC(C)Oc1ccccc1F)Nc1cccc(OCCCOC)c1.I. The predicted octanol–water partition coefficient (Wildman–Crippen LogP) is 4.31. The number of para-hydroxylation sites is 1. The molecule has 0 aliphatic rings. The molecule has 2 N–H and O–H groups in total. The van der Waals surface area contributed by atoms with Gasteiger partial charge in [-0.1, -0.05) is 18.2 Å². The largest absolute Gasteiger partial charge is 0.493 e. The van der Waals surface area contributed by atoms with Crippen molar-refractivity contribution in [1.29, 1.82) is 0 Å². The summed E-state index contributed by atoms with van der Waals surface area (Å²) in [6, 6.07) is 14.0. The van der Waals surface area contributed by atoms with Gasteiger partial charge < -0.3 is 24.8 Å². The summed E-state index contributed by atoms with van der Waals surface area (Å²) in [5, 5.41) is 6.38. The normalized spacial score (nSPS) is 11.9. The first kappa shape index (κ1) is 25.0. The number of hydrogen-bond acceptors (Lipinski definition) is 4. The fourth-order valence-electron chi connectivity index (χ4n) is 2.41. The molecule has 0 aliphatic heterocycles. The van der Waals surface area contributed by atoms with Crippen LogP contribution in [-0.4, -0.2) is 46.0 Å². The van der Waals surface area contributed by atoms with E-state index in [1.54, 1.807) is 32.4 Å². The lowest BCUT2D eigenvalue weighted by Gasteiger charge is -2.18. The second-order valence-corrected chi connectivity index (χ2v) is 6.16. The Morgan fingerprint density at radius 2 is 1.93 bits per heavy atom. The monoisotopic (exact) mass is 517 g/mol. The van der Waals surface area contributed by atoms with Gasteiger partial charge in [0.25, 0.3) is 0 Å². The van der Waals surface area contributed by atoms with Crippen LogP contribution in [0.3, 0.4) is 0 Å². The van der Waals surface area contributed by atoms with Crippen molar-refractivity contribution in [3.63, 3.8) is 0 Å². The van der Waals surface area contributed by atoms with E-state index < -0.39 is 0 Å². The number of benzene rings is 2. The highest BCUT2D eigenvalue weighted by atomic mass is 127.